The molecule has 2 fully saturated rings. The van der Waals surface area contributed by atoms with E-state index in [9.17, 15) is 23.1 Å². The molecule has 11 heteroatoms. The Bertz CT molecular complexity index is 1780. The second-order valence-electron chi connectivity index (χ2n) is 15.6. The number of carbonyl (C=O) groups excluding carboxylic acids is 2. The van der Waals surface area contributed by atoms with Crippen LogP contribution < -0.4 is 14.4 Å². The van der Waals surface area contributed by atoms with Gasteiger partial charge >= 0.3 is 0 Å². The maximum Gasteiger partial charge on any atom is 0.264 e. The summed E-state index contributed by atoms with van der Waals surface area (Å²) in [6.45, 7) is 6.53. The number of ether oxygens (including phenoxy) is 1. The molecule has 0 unspecified atom stereocenters. The first-order chi connectivity index (χ1) is 23.9. The minimum atomic E-state index is -4.02. The number of aryl methyl sites for hydroxylation is 1. The quantitative estimate of drug-likeness (QED) is 0.365. The average Bonchev–Trinajstić information content (AvgIpc) is 3.22. The third kappa shape index (κ3) is 6.80. The van der Waals surface area contributed by atoms with Crippen molar-refractivity contribution in [2.45, 2.75) is 94.3 Å². The van der Waals surface area contributed by atoms with Crippen molar-refractivity contribution in [3.63, 3.8) is 0 Å². The number of hydrogen-bond acceptors (Lipinski definition) is 7. The van der Waals surface area contributed by atoms with Crippen molar-refractivity contribution in [3.05, 3.63) is 70.3 Å². The first-order valence-electron chi connectivity index (χ1n) is 18.4. The topological polar surface area (TPSA) is 116 Å². The van der Waals surface area contributed by atoms with Gasteiger partial charge in [-0.05, 0) is 124 Å². The Labute approximate surface area is 301 Å². The lowest BCUT2D eigenvalue weighted by Crippen LogP contribution is -2.54. The van der Waals surface area contributed by atoms with Crippen LogP contribution >= 0.6 is 11.6 Å². The molecule has 2 aromatic carbocycles. The summed E-state index contributed by atoms with van der Waals surface area (Å²) in [5.74, 6) is -0.487. The second-order valence-corrected chi connectivity index (χ2v) is 18.1. The van der Waals surface area contributed by atoms with Gasteiger partial charge in [0.05, 0.1) is 29.6 Å². The van der Waals surface area contributed by atoms with Gasteiger partial charge < -0.3 is 19.6 Å². The van der Waals surface area contributed by atoms with Crippen molar-refractivity contribution in [1.29, 1.82) is 0 Å². The summed E-state index contributed by atoms with van der Waals surface area (Å²) in [5.41, 5.74) is 1.71. The molecule has 0 radical (unpaired) electrons. The fourth-order valence-electron chi connectivity index (χ4n) is 9.06. The Balaban J connectivity index is 1.29. The zero-order chi connectivity index (χ0) is 35.3. The van der Waals surface area contributed by atoms with E-state index < -0.39 is 26.8 Å². The lowest BCUT2D eigenvalue weighted by atomic mass is 9.63. The van der Waals surface area contributed by atoms with Crippen LogP contribution in [0.3, 0.4) is 0 Å². The van der Waals surface area contributed by atoms with Crippen LogP contribution in [0.2, 0.25) is 5.02 Å². The number of fused-ring (bicyclic) bond motifs is 4. The standard InChI is InChI=1S/C39H50ClN3O6S/c1-26-8-6-17-39(46,22-36(44)42-18-4-3-5-19-42)33-13-10-30(33)23-43-24-38(16-7-9-28-20-31(40)12-14-32(28)38)25-49-35-15-11-29(21-34(35)43)37(45)41-50(47,48)27(26)2/h6,11-12,14-15,17,20-21,26-27,30,33,46H,3-5,7-10,13,16,18-19,22-25H2,1-2H3,(H,41,45)/b17-6+/t26-,27+,30-,33+,38-,39-/m0/s1. The number of hydrogen-bond donors (Lipinski definition) is 2. The predicted octanol–water partition coefficient (Wildman–Crippen LogP) is 6.02. The Morgan fingerprint density at radius 3 is 2.64 bits per heavy atom. The largest absolute Gasteiger partial charge is 0.490 e. The van der Waals surface area contributed by atoms with Crippen molar-refractivity contribution in [1.82, 2.24) is 9.62 Å². The Hall–Kier alpha value is -3.08. The highest BCUT2D eigenvalue weighted by molar-refractivity contribution is 7.90. The molecule has 2 bridgehead atoms. The fraction of sp³-hybridized carbons (Fsp3) is 0.590. The molecule has 1 saturated heterocycles. The summed E-state index contributed by atoms with van der Waals surface area (Å²) in [6.07, 6.45) is 11.6. The fourth-order valence-corrected chi connectivity index (χ4v) is 10.5. The molecule has 2 aromatic rings. The number of rotatable bonds is 2. The third-order valence-electron chi connectivity index (χ3n) is 12.4. The van der Waals surface area contributed by atoms with Crippen molar-refractivity contribution in [3.8, 4) is 5.75 Å². The summed E-state index contributed by atoms with van der Waals surface area (Å²) in [6, 6.07) is 11.3. The number of nitrogens with one attached hydrogen (secondary N) is 1. The van der Waals surface area contributed by atoms with Crippen molar-refractivity contribution >= 4 is 39.1 Å². The minimum absolute atomic E-state index is 0.00484. The number of halogens is 1. The van der Waals surface area contributed by atoms with Gasteiger partial charge in [0.25, 0.3) is 5.91 Å². The Morgan fingerprint density at radius 2 is 1.88 bits per heavy atom. The molecule has 270 valence electrons. The molecular formula is C39H50ClN3O6S. The molecule has 9 nitrogen and oxygen atoms in total. The number of allylic oxidation sites excluding steroid dienone is 1. The maximum absolute atomic E-state index is 13.7. The molecule has 3 aliphatic heterocycles. The van der Waals surface area contributed by atoms with Gasteiger partial charge in [0, 0.05) is 42.2 Å². The zero-order valence-corrected chi connectivity index (χ0v) is 30.8. The van der Waals surface area contributed by atoms with Crippen molar-refractivity contribution < 1.29 is 27.9 Å². The number of piperidine rings is 1. The van der Waals surface area contributed by atoms with Gasteiger partial charge in [-0.1, -0.05) is 36.7 Å². The van der Waals surface area contributed by atoms with E-state index in [1.807, 2.05) is 24.0 Å². The highest BCUT2D eigenvalue weighted by Crippen LogP contribution is 2.49. The number of benzene rings is 2. The highest BCUT2D eigenvalue weighted by Gasteiger charge is 2.49. The van der Waals surface area contributed by atoms with E-state index in [1.165, 1.54) is 11.1 Å². The smallest absolute Gasteiger partial charge is 0.264 e. The summed E-state index contributed by atoms with van der Waals surface area (Å²) in [5, 5.41) is 12.4. The van der Waals surface area contributed by atoms with Crippen LogP contribution in [0.1, 0.15) is 93.1 Å². The molecule has 1 saturated carbocycles. The first-order valence-corrected chi connectivity index (χ1v) is 20.3. The molecule has 5 aliphatic rings. The van der Waals surface area contributed by atoms with E-state index in [0.717, 1.165) is 57.1 Å². The number of amides is 2. The summed E-state index contributed by atoms with van der Waals surface area (Å²) in [7, 11) is -4.02. The maximum atomic E-state index is 13.7. The molecule has 7 rings (SSSR count). The minimum Gasteiger partial charge on any atom is -0.490 e. The molecule has 50 heavy (non-hydrogen) atoms. The third-order valence-corrected chi connectivity index (χ3v) is 14.5. The normalized spacial score (nSPS) is 33.2. The van der Waals surface area contributed by atoms with Crippen molar-refractivity contribution in [2.75, 3.05) is 37.7 Å². The lowest BCUT2D eigenvalue weighted by molar-refractivity contribution is -0.140. The molecule has 2 amide bonds. The SMILES string of the molecule is C[C@@H]1[C@@H](C)C/C=C/[C@](O)(CC(=O)N2CCCCC2)[C@@H]2CC[C@H]2CN2C[C@@]3(CCCc4cc(Cl)ccc43)COc3ccc(cc32)C(=O)NS1(=O)=O. The molecule has 0 aromatic heterocycles. The second kappa shape index (κ2) is 13.8. The van der Waals surface area contributed by atoms with Crippen LogP contribution in [-0.4, -0.2) is 73.9 Å². The van der Waals surface area contributed by atoms with E-state index in [1.54, 1.807) is 31.2 Å². The van der Waals surface area contributed by atoms with E-state index in [4.69, 9.17) is 16.3 Å². The van der Waals surface area contributed by atoms with Crippen molar-refractivity contribution in [2.24, 2.45) is 17.8 Å². The van der Waals surface area contributed by atoms with Crippen LogP contribution in [0.4, 0.5) is 5.69 Å². The van der Waals surface area contributed by atoms with Gasteiger partial charge in [-0.2, -0.15) is 0 Å². The number of likely N-dealkylation sites (tertiary alicyclic amines) is 1. The monoisotopic (exact) mass is 723 g/mol. The molecule has 1 spiro atoms. The van der Waals surface area contributed by atoms with E-state index in [-0.39, 0.29) is 41.1 Å². The van der Waals surface area contributed by atoms with Gasteiger partial charge in [-0.3, -0.25) is 9.59 Å². The van der Waals surface area contributed by atoms with E-state index in [0.29, 0.717) is 50.0 Å². The first kappa shape index (κ1) is 35.3. The summed E-state index contributed by atoms with van der Waals surface area (Å²) >= 11 is 6.45. The van der Waals surface area contributed by atoms with Gasteiger partial charge in [0.1, 0.15) is 5.75 Å². The molecule has 2 N–H and O–H groups in total. The molecular weight excluding hydrogens is 674 g/mol. The Kier molecular flexibility index (Phi) is 9.76. The number of carbonyl (C=O) groups is 2. The summed E-state index contributed by atoms with van der Waals surface area (Å²) < 4.78 is 35.9. The van der Waals surface area contributed by atoms with Crippen LogP contribution in [0.15, 0.2) is 48.6 Å². The van der Waals surface area contributed by atoms with E-state index >= 15 is 0 Å². The highest BCUT2D eigenvalue weighted by atomic mass is 35.5. The van der Waals surface area contributed by atoms with Crippen LogP contribution in [0, 0.1) is 17.8 Å². The van der Waals surface area contributed by atoms with Gasteiger partial charge in [0.15, 0.2) is 0 Å². The summed E-state index contributed by atoms with van der Waals surface area (Å²) in [4.78, 5) is 31.4. The number of anilines is 1. The van der Waals surface area contributed by atoms with Crippen LogP contribution in [-0.2, 0) is 26.7 Å². The van der Waals surface area contributed by atoms with E-state index in [2.05, 4.69) is 21.8 Å². The van der Waals surface area contributed by atoms with Gasteiger partial charge in [0.2, 0.25) is 15.9 Å². The Morgan fingerprint density at radius 1 is 1.08 bits per heavy atom. The number of aliphatic hydroxyl groups is 1. The van der Waals surface area contributed by atoms with Crippen LogP contribution in [0.25, 0.3) is 0 Å². The molecule has 2 aliphatic carbocycles. The van der Waals surface area contributed by atoms with Gasteiger partial charge in [-0.15, -0.1) is 0 Å². The average molecular weight is 724 g/mol. The van der Waals surface area contributed by atoms with Gasteiger partial charge in [-0.25, -0.2) is 13.1 Å². The predicted molar refractivity (Wildman–Crippen MR) is 195 cm³/mol. The number of sulfonamides is 1. The number of nitrogens with zero attached hydrogens (tertiary/aromatic N) is 2. The molecule has 6 atom stereocenters. The lowest BCUT2D eigenvalue weighted by Gasteiger charge is -2.49. The van der Waals surface area contributed by atoms with Crippen LogP contribution in [0.5, 0.6) is 5.75 Å². The molecule has 3 heterocycles. The zero-order valence-electron chi connectivity index (χ0n) is 29.2.